The Balaban J connectivity index is 1.38. The molecule has 2 N–H and O–H groups in total. The highest BCUT2D eigenvalue weighted by Crippen LogP contribution is 2.27. The number of benzene rings is 1. The number of urea groups is 1. The SMILES string of the molecule is O=C(NCCCOC1CCCC1)Nc1cccc2c1CCCC2. The van der Waals surface area contributed by atoms with Crippen LogP contribution in [0.1, 0.15) is 56.1 Å². The summed E-state index contributed by atoms with van der Waals surface area (Å²) in [4.78, 5) is 12.1. The van der Waals surface area contributed by atoms with Crippen LogP contribution in [-0.2, 0) is 17.6 Å². The van der Waals surface area contributed by atoms with Gasteiger partial charge in [0.15, 0.2) is 0 Å². The highest BCUT2D eigenvalue weighted by atomic mass is 16.5. The van der Waals surface area contributed by atoms with Crippen LogP contribution >= 0.6 is 0 Å². The summed E-state index contributed by atoms with van der Waals surface area (Å²) in [5.41, 5.74) is 3.68. The van der Waals surface area contributed by atoms with E-state index in [0.29, 0.717) is 12.6 Å². The van der Waals surface area contributed by atoms with Crippen molar-refractivity contribution in [2.24, 2.45) is 0 Å². The molecule has 0 aromatic heterocycles. The minimum absolute atomic E-state index is 0.107. The quantitative estimate of drug-likeness (QED) is 0.778. The Morgan fingerprint density at radius 3 is 2.83 bits per heavy atom. The fraction of sp³-hybridized carbons (Fsp3) is 0.632. The first-order valence-electron chi connectivity index (χ1n) is 9.10. The van der Waals surface area contributed by atoms with Crippen LogP contribution in [0.2, 0.25) is 0 Å². The second-order valence-corrected chi connectivity index (χ2v) is 6.66. The van der Waals surface area contributed by atoms with E-state index in [4.69, 9.17) is 4.74 Å². The molecule has 0 saturated heterocycles. The summed E-state index contributed by atoms with van der Waals surface area (Å²) in [6.45, 7) is 1.40. The van der Waals surface area contributed by atoms with Crippen molar-refractivity contribution < 1.29 is 9.53 Å². The maximum Gasteiger partial charge on any atom is 0.319 e. The second-order valence-electron chi connectivity index (χ2n) is 6.66. The molecule has 4 nitrogen and oxygen atoms in total. The number of hydrogen-bond acceptors (Lipinski definition) is 2. The Morgan fingerprint density at radius 1 is 1.13 bits per heavy atom. The zero-order valence-electron chi connectivity index (χ0n) is 13.9. The van der Waals surface area contributed by atoms with E-state index in [9.17, 15) is 4.79 Å². The number of aryl methyl sites for hydroxylation is 1. The minimum atomic E-state index is -0.107. The van der Waals surface area contributed by atoms with E-state index in [1.165, 1.54) is 49.7 Å². The molecule has 0 bridgehead atoms. The van der Waals surface area contributed by atoms with Crippen molar-refractivity contribution in [1.29, 1.82) is 0 Å². The molecule has 3 rings (SSSR count). The Morgan fingerprint density at radius 2 is 1.96 bits per heavy atom. The smallest absolute Gasteiger partial charge is 0.319 e. The topological polar surface area (TPSA) is 50.4 Å². The minimum Gasteiger partial charge on any atom is -0.378 e. The summed E-state index contributed by atoms with van der Waals surface area (Å²) >= 11 is 0. The van der Waals surface area contributed by atoms with Crippen molar-refractivity contribution >= 4 is 11.7 Å². The summed E-state index contributed by atoms with van der Waals surface area (Å²) in [5, 5.41) is 5.94. The van der Waals surface area contributed by atoms with E-state index >= 15 is 0 Å². The van der Waals surface area contributed by atoms with Crippen molar-refractivity contribution in [2.75, 3.05) is 18.5 Å². The molecule has 1 aromatic rings. The lowest BCUT2D eigenvalue weighted by molar-refractivity contribution is 0.0572. The van der Waals surface area contributed by atoms with E-state index in [1.807, 2.05) is 12.1 Å². The van der Waals surface area contributed by atoms with Gasteiger partial charge < -0.3 is 15.4 Å². The van der Waals surface area contributed by atoms with Crippen LogP contribution in [0, 0.1) is 0 Å². The van der Waals surface area contributed by atoms with E-state index < -0.39 is 0 Å². The van der Waals surface area contributed by atoms with Gasteiger partial charge in [0.1, 0.15) is 0 Å². The zero-order chi connectivity index (χ0) is 15.9. The van der Waals surface area contributed by atoms with Crippen molar-refractivity contribution in [3.8, 4) is 0 Å². The van der Waals surface area contributed by atoms with Crippen molar-refractivity contribution in [3.05, 3.63) is 29.3 Å². The molecule has 2 aliphatic carbocycles. The van der Waals surface area contributed by atoms with Crippen LogP contribution in [0.15, 0.2) is 18.2 Å². The van der Waals surface area contributed by atoms with Crippen molar-refractivity contribution in [2.45, 2.75) is 63.9 Å². The van der Waals surface area contributed by atoms with Gasteiger partial charge in [0.05, 0.1) is 6.10 Å². The summed E-state index contributed by atoms with van der Waals surface area (Å²) in [6.07, 6.45) is 11.0. The van der Waals surface area contributed by atoms with Gasteiger partial charge in [-0.25, -0.2) is 4.79 Å². The lowest BCUT2D eigenvalue weighted by Gasteiger charge is -2.19. The van der Waals surface area contributed by atoms with Gasteiger partial charge in [0, 0.05) is 18.8 Å². The first-order valence-corrected chi connectivity index (χ1v) is 9.10. The standard InChI is InChI=1S/C19H28N2O2/c22-19(20-13-6-14-23-16-9-2-3-10-16)21-18-12-5-8-15-7-1-4-11-17(15)18/h5,8,12,16H,1-4,6-7,9-11,13-14H2,(H2,20,21,22). The fourth-order valence-electron chi connectivity index (χ4n) is 3.64. The van der Waals surface area contributed by atoms with E-state index in [1.54, 1.807) is 0 Å². The van der Waals surface area contributed by atoms with Gasteiger partial charge in [-0.15, -0.1) is 0 Å². The Labute approximate surface area is 139 Å². The lowest BCUT2D eigenvalue weighted by atomic mass is 9.90. The molecule has 2 amide bonds. The molecule has 0 heterocycles. The molecular weight excluding hydrogens is 288 g/mol. The van der Waals surface area contributed by atoms with Crippen LogP contribution in [0.4, 0.5) is 10.5 Å². The Hall–Kier alpha value is -1.55. The molecule has 0 unspecified atom stereocenters. The van der Waals surface area contributed by atoms with Gasteiger partial charge >= 0.3 is 6.03 Å². The Kier molecular flexibility index (Phi) is 5.92. The molecule has 23 heavy (non-hydrogen) atoms. The molecular formula is C19H28N2O2. The molecule has 0 spiro atoms. The summed E-state index contributed by atoms with van der Waals surface area (Å²) in [7, 11) is 0. The first kappa shape index (κ1) is 16.3. The Bertz CT molecular complexity index is 524. The fourth-order valence-corrected chi connectivity index (χ4v) is 3.64. The van der Waals surface area contributed by atoms with Crippen LogP contribution in [-0.4, -0.2) is 25.3 Å². The van der Waals surface area contributed by atoms with Gasteiger partial charge in [0.25, 0.3) is 0 Å². The predicted octanol–water partition coefficient (Wildman–Crippen LogP) is 4.04. The largest absolute Gasteiger partial charge is 0.378 e. The van der Waals surface area contributed by atoms with Crippen molar-refractivity contribution in [1.82, 2.24) is 5.32 Å². The third-order valence-electron chi connectivity index (χ3n) is 4.91. The molecule has 2 aliphatic rings. The van der Waals surface area contributed by atoms with Crippen LogP contribution in [0.25, 0.3) is 0 Å². The maximum atomic E-state index is 12.1. The molecule has 0 atom stereocenters. The van der Waals surface area contributed by atoms with E-state index in [-0.39, 0.29) is 6.03 Å². The van der Waals surface area contributed by atoms with Gasteiger partial charge in [-0.2, -0.15) is 0 Å². The van der Waals surface area contributed by atoms with Crippen molar-refractivity contribution in [3.63, 3.8) is 0 Å². The van der Waals surface area contributed by atoms with Crippen LogP contribution < -0.4 is 10.6 Å². The third kappa shape index (κ3) is 4.71. The number of carbonyl (C=O) groups excluding carboxylic acids is 1. The summed E-state index contributed by atoms with van der Waals surface area (Å²) in [6, 6.07) is 6.12. The molecule has 1 fully saturated rings. The normalized spacial score (nSPS) is 17.7. The number of carbonyl (C=O) groups is 1. The van der Waals surface area contributed by atoms with E-state index in [0.717, 1.165) is 31.6 Å². The van der Waals surface area contributed by atoms with Gasteiger partial charge in [0.2, 0.25) is 0 Å². The lowest BCUT2D eigenvalue weighted by Crippen LogP contribution is -2.31. The summed E-state index contributed by atoms with van der Waals surface area (Å²) in [5.74, 6) is 0. The van der Waals surface area contributed by atoms with E-state index in [2.05, 4.69) is 16.7 Å². The second kappa shape index (κ2) is 8.34. The number of rotatable bonds is 6. The molecule has 1 saturated carbocycles. The number of hydrogen-bond donors (Lipinski definition) is 2. The van der Waals surface area contributed by atoms with Crippen LogP contribution in [0.5, 0.6) is 0 Å². The first-order chi connectivity index (χ1) is 11.3. The molecule has 0 radical (unpaired) electrons. The average molecular weight is 316 g/mol. The summed E-state index contributed by atoms with van der Waals surface area (Å²) < 4.78 is 5.81. The number of fused-ring (bicyclic) bond motifs is 1. The van der Waals surface area contributed by atoms with Crippen LogP contribution in [0.3, 0.4) is 0 Å². The van der Waals surface area contributed by atoms with Gasteiger partial charge in [-0.1, -0.05) is 25.0 Å². The molecule has 4 heteroatoms. The van der Waals surface area contributed by atoms with Gasteiger partial charge in [-0.3, -0.25) is 0 Å². The maximum absolute atomic E-state index is 12.1. The molecule has 126 valence electrons. The highest BCUT2D eigenvalue weighted by Gasteiger charge is 2.15. The molecule has 1 aromatic carbocycles. The number of amides is 2. The van der Waals surface area contributed by atoms with Gasteiger partial charge in [-0.05, 0) is 62.1 Å². The predicted molar refractivity (Wildman–Crippen MR) is 92.9 cm³/mol. The monoisotopic (exact) mass is 316 g/mol. The molecule has 0 aliphatic heterocycles. The highest BCUT2D eigenvalue weighted by molar-refractivity contribution is 5.90. The number of nitrogens with one attached hydrogen (secondary N) is 2. The average Bonchev–Trinajstić information content (AvgIpc) is 3.08. The third-order valence-corrected chi connectivity index (χ3v) is 4.91. The number of ether oxygens (including phenoxy) is 1. The number of anilines is 1. The zero-order valence-corrected chi connectivity index (χ0v) is 13.9.